The van der Waals surface area contributed by atoms with E-state index in [9.17, 15) is 9.18 Å². The summed E-state index contributed by atoms with van der Waals surface area (Å²) in [6, 6.07) is 7.72. The van der Waals surface area contributed by atoms with Crippen LogP contribution >= 0.6 is 11.3 Å². The number of rotatable bonds is 2. The van der Waals surface area contributed by atoms with Gasteiger partial charge >= 0.3 is 0 Å². The SMILES string of the molecule is Cc1cc(F)ccc1NC(=O)c1ccc(C#CCN)s1. The molecule has 1 amide bonds. The van der Waals surface area contributed by atoms with Gasteiger partial charge in [-0.1, -0.05) is 11.8 Å². The average Bonchev–Trinajstić information content (AvgIpc) is 2.88. The summed E-state index contributed by atoms with van der Waals surface area (Å²) >= 11 is 1.29. The van der Waals surface area contributed by atoms with Gasteiger partial charge in [-0.25, -0.2) is 4.39 Å². The van der Waals surface area contributed by atoms with Gasteiger partial charge in [0.05, 0.1) is 16.3 Å². The molecule has 1 aromatic carbocycles. The number of halogens is 1. The van der Waals surface area contributed by atoms with Crippen LogP contribution in [0.15, 0.2) is 30.3 Å². The Bertz CT molecular complexity index is 697. The summed E-state index contributed by atoms with van der Waals surface area (Å²) < 4.78 is 13.0. The molecule has 0 unspecified atom stereocenters. The van der Waals surface area contributed by atoms with E-state index in [0.29, 0.717) is 16.1 Å². The molecule has 2 rings (SSSR count). The maximum Gasteiger partial charge on any atom is 0.265 e. The zero-order valence-electron chi connectivity index (χ0n) is 10.9. The number of carbonyl (C=O) groups is 1. The van der Waals surface area contributed by atoms with Gasteiger partial charge in [-0.05, 0) is 42.8 Å². The van der Waals surface area contributed by atoms with Gasteiger partial charge in [0, 0.05) is 5.69 Å². The number of hydrogen-bond acceptors (Lipinski definition) is 3. The van der Waals surface area contributed by atoms with Gasteiger partial charge in [0.1, 0.15) is 5.82 Å². The topological polar surface area (TPSA) is 55.1 Å². The molecule has 1 aromatic heterocycles. The van der Waals surface area contributed by atoms with E-state index in [1.165, 1.54) is 23.5 Å². The van der Waals surface area contributed by atoms with Gasteiger partial charge in [0.25, 0.3) is 5.91 Å². The number of aryl methyl sites for hydroxylation is 1. The smallest absolute Gasteiger partial charge is 0.265 e. The van der Waals surface area contributed by atoms with Crippen LogP contribution in [0.3, 0.4) is 0 Å². The lowest BCUT2D eigenvalue weighted by Gasteiger charge is -2.06. The molecule has 1 heterocycles. The number of nitrogens with one attached hydrogen (secondary N) is 1. The van der Waals surface area contributed by atoms with Crippen LogP contribution in [0.25, 0.3) is 0 Å². The van der Waals surface area contributed by atoms with Gasteiger partial charge in [-0.15, -0.1) is 11.3 Å². The Morgan fingerprint density at radius 1 is 1.40 bits per heavy atom. The standard InChI is InChI=1S/C15H13FN2OS/c1-10-9-11(16)4-6-13(10)18-15(19)14-7-5-12(20-14)3-2-8-17/h4-7,9H,8,17H2,1H3,(H,18,19). The number of thiophene rings is 1. The zero-order valence-corrected chi connectivity index (χ0v) is 11.7. The molecular formula is C15H13FN2OS. The van der Waals surface area contributed by atoms with Crippen LogP contribution in [0.4, 0.5) is 10.1 Å². The Morgan fingerprint density at radius 2 is 2.20 bits per heavy atom. The largest absolute Gasteiger partial charge is 0.321 e. The Kier molecular flexibility index (Phi) is 4.51. The molecule has 20 heavy (non-hydrogen) atoms. The molecule has 5 heteroatoms. The fraction of sp³-hybridized carbons (Fsp3) is 0.133. The van der Waals surface area contributed by atoms with Crippen LogP contribution in [0.1, 0.15) is 20.1 Å². The molecule has 0 radical (unpaired) electrons. The minimum atomic E-state index is -0.323. The van der Waals surface area contributed by atoms with E-state index in [4.69, 9.17) is 5.73 Å². The molecule has 0 atom stereocenters. The molecule has 0 spiro atoms. The Hall–Kier alpha value is -2.16. The average molecular weight is 288 g/mol. The van der Waals surface area contributed by atoms with Crippen molar-refractivity contribution < 1.29 is 9.18 Å². The fourth-order valence-corrected chi connectivity index (χ4v) is 2.39. The quantitative estimate of drug-likeness (QED) is 0.835. The van der Waals surface area contributed by atoms with Crippen molar-refractivity contribution >= 4 is 22.9 Å². The molecule has 0 saturated heterocycles. The summed E-state index contributed by atoms with van der Waals surface area (Å²) in [6.45, 7) is 2.03. The normalized spacial score (nSPS) is 9.75. The molecule has 0 fully saturated rings. The van der Waals surface area contributed by atoms with E-state index >= 15 is 0 Å². The molecule has 0 saturated carbocycles. The molecule has 102 valence electrons. The number of anilines is 1. The van der Waals surface area contributed by atoms with E-state index in [1.807, 2.05) is 0 Å². The lowest BCUT2D eigenvalue weighted by atomic mass is 10.2. The lowest BCUT2D eigenvalue weighted by Crippen LogP contribution is -2.11. The van der Waals surface area contributed by atoms with Crippen molar-refractivity contribution in [2.24, 2.45) is 5.73 Å². The molecule has 2 aromatic rings. The third kappa shape index (κ3) is 3.44. The summed E-state index contributed by atoms with van der Waals surface area (Å²) in [4.78, 5) is 13.4. The maximum atomic E-state index is 13.0. The highest BCUT2D eigenvalue weighted by Gasteiger charge is 2.10. The van der Waals surface area contributed by atoms with Crippen LogP contribution in [0, 0.1) is 24.6 Å². The fourth-order valence-electron chi connectivity index (χ4n) is 1.62. The summed E-state index contributed by atoms with van der Waals surface area (Å²) in [5.41, 5.74) is 6.57. The highest BCUT2D eigenvalue weighted by atomic mass is 32.1. The zero-order chi connectivity index (χ0) is 14.5. The molecule has 0 aliphatic heterocycles. The van der Waals surface area contributed by atoms with Crippen molar-refractivity contribution in [1.82, 2.24) is 0 Å². The number of nitrogens with two attached hydrogens (primary N) is 1. The van der Waals surface area contributed by atoms with Crippen LogP contribution in [-0.2, 0) is 0 Å². The summed E-state index contributed by atoms with van der Waals surface area (Å²) in [6.07, 6.45) is 0. The van der Waals surface area contributed by atoms with Crippen molar-refractivity contribution in [1.29, 1.82) is 0 Å². The molecular weight excluding hydrogens is 275 g/mol. The summed E-state index contributed by atoms with van der Waals surface area (Å²) in [7, 11) is 0. The Balaban J connectivity index is 2.13. The molecule has 3 nitrogen and oxygen atoms in total. The second-order valence-corrected chi connectivity index (χ2v) is 5.17. The van der Waals surface area contributed by atoms with E-state index in [-0.39, 0.29) is 18.3 Å². The highest BCUT2D eigenvalue weighted by Crippen LogP contribution is 2.20. The van der Waals surface area contributed by atoms with Gasteiger partial charge in [0.2, 0.25) is 0 Å². The predicted octanol–water partition coefficient (Wildman–Crippen LogP) is 2.76. The summed E-state index contributed by atoms with van der Waals surface area (Å²) in [5.74, 6) is 5.06. The van der Waals surface area contributed by atoms with Gasteiger partial charge in [-0.3, -0.25) is 4.79 Å². The van der Waals surface area contributed by atoms with Crippen molar-refractivity contribution in [3.05, 3.63) is 51.5 Å². The van der Waals surface area contributed by atoms with E-state index < -0.39 is 0 Å². The van der Waals surface area contributed by atoms with Crippen LogP contribution in [-0.4, -0.2) is 12.5 Å². The van der Waals surface area contributed by atoms with E-state index in [0.717, 1.165) is 4.88 Å². The first-order valence-electron chi connectivity index (χ1n) is 5.96. The third-order valence-corrected chi connectivity index (χ3v) is 3.58. The lowest BCUT2D eigenvalue weighted by molar-refractivity contribution is 0.103. The first-order valence-corrected chi connectivity index (χ1v) is 6.78. The maximum absolute atomic E-state index is 13.0. The molecule has 0 aliphatic carbocycles. The van der Waals surface area contributed by atoms with Crippen molar-refractivity contribution in [3.8, 4) is 11.8 Å². The van der Waals surface area contributed by atoms with Gasteiger partial charge < -0.3 is 11.1 Å². The van der Waals surface area contributed by atoms with Crippen molar-refractivity contribution in [2.45, 2.75) is 6.92 Å². The highest BCUT2D eigenvalue weighted by molar-refractivity contribution is 7.14. The second kappa shape index (κ2) is 6.33. The van der Waals surface area contributed by atoms with Crippen LogP contribution in [0.2, 0.25) is 0 Å². The van der Waals surface area contributed by atoms with Crippen molar-refractivity contribution in [2.75, 3.05) is 11.9 Å². The number of hydrogen-bond donors (Lipinski definition) is 2. The van der Waals surface area contributed by atoms with E-state index in [1.54, 1.807) is 25.1 Å². The second-order valence-electron chi connectivity index (χ2n) is 4.08. The number of benzene rings is 1. The molecule has 3 N–H and O–H groups in total. The van der Waals surface area contributed by atoms with Crippen molar-refractivity contribution in [3.63, 3.8) is 0 Å². The van der Waals surface area contributed by atoms with E-state index in [2.05, 4.69) is 17.2 Å². The first-order chi connectivity index (χ1) is 9.60. The molecule has 0 bridgehead atoms. The van der Waals surface area contributed by atoms with Crippen LogP contribution < -0.4 is 11.1 Å². The number of amides is 1. The predicted molar refractivity (Wildman–Crippen MR) is 79.3 cm³/mol. The Morgan fingerprint density at radius 3 is 2.90 bits per heavy atom. The van der Waals surface area contributed by atoms with Gasteiger partial charge in [0.15, 0.2) is 0 Å². The first kappa shape index (κ1) is 14.3. The van der Waals surface area contributed by atoms with Crippen LogP contribution in [0.5, 0.6) is 0 Å². The number of carbonyl (C=O) groups excluding carboxylic acids is 1. The van der Waals surface area contributed by atoms with Gasteiger partial charge in [-0.2, -0.15) is 0 Å². The monoisotopic (exact) mass is 288 g/mol. The molecule has 0 aliphatic rings. The minimum absolute atomic E-state index is 0.231. The third-order valence-electron chi connectivity index (χ3n) is 2.58. The Labute approximate surface area is 120 Å². The minimum Gasteiger partial charge on any atom is -0.321 e. The summed E-state index contributed by atoms with van der Waals surface area (Å²) in [5, 5.41) is 2.76.